The number of likely N-dealkylation sites (N-methyl/N-ethyl adjacent to an activating group) is 1. The van der Waals surface area contributed by atoms with Crippen LogP contribution in [0, 0.1) is 22.7 Å². The molecule has 1 amide bonds. The van der Waals surface area contributed by atoms with E-state index in [1.807, 2.05) is 12.1 Å². The Bertz CT molecular complexity index is 465. The second-order valence-electron chi connectivity index (χ2n) is 3.71. The molecule has 0 saturated carbocycles. The first-order valence-electron chi connectivity index (χ1n) is 5.27. The first-order valence-corrected chi connectivity index (χ1v) is 5.27. The molecule has 1 rings (SSSR count). The molecule has 0 aliphatic rings. The summed E-state index contributed by atoms with van der Waals surface area (Å²) in [5.74, 6) is -0.0232. The highest BCUT2D eigenvalue weighted by Gasteiger charge is 2.08. The highest BCUT2D eigenvalue weighted by Crippen LogP contribution is 2.05. The van der Waals surface area contributed by atoms with Crippen molar-refractivity contribution in [2.75, 3.05) is 13.6 Å². The Balaban J connectivity index is 2.56. The summed E-state index contributed by atoms with van der Waals surface area (Å²) >= 11 is 0. The van der Waals surface area contributed by atoms with Crippen LogP contribution in [0.2, 0.25) is 0 Å². The first kappa shape index (κ1) is 12.7. The molecule has 0 aliphatic heterocycles. The van der Waals surface area contributed by atoms with E-state index >= 15 is 0 Å². The minimum Gasteiger partial charge on any atom is -0.344 e. The Kier molecular flexibility index (Phi) is 4.72. The lowest BCUT2D eigenvalue weighted by molar-refractivity contribution is -0.129. The van der Waals surface area contributed by atoms with Crippen LogP contribution in [-0.4, -0.2) is 24.4 Å². The molecule has 0 atom stereocenters. The van der Waals surface area contributed by atoms with Gasteiger partial charge >= 0.3 is 0 Å². The standard InChI is InChI=1S/C13H13N3O/c1-16(8-2-7-14)13(17)9-11-3-5-12(10-15)6-4-11/h3-6H,2,8-9H2,1H3. The van der Waals surface area contributed by atoms with Gasteiger partial charge in [-0.1, -0.05) is 12.1 Å². The van der Waals surface area contributed by atoms with Crippen LogP contribution in [0.3, 0.4) is 0 Å². The number of benzene rings is 1. The lowest BCUT2D eigenvalue weighted by Gasteiger charge is -2.15. The zero-order valence-corrected chi connectivity index (χ0v) is 9.68. The second-order valence-corrected chi connectivity index (χ2v) is 3.71. The van der Waals surface area contributed by atoms with Gasteiger partial charge in [0.05, 0.1) is 30.5 Å². The number of carbonyl (C=O) groups excluding carboxylic acids is 1. The van der Waals surface area contributed by atoms with Gasteiger partial charge in [-0.2, -0.15) is 10.5 Å². The number of nitriles is 2. The van der Waals surface area contributed by atoms with Crippen molar-refractivity contribution < 1.29 is 4.79 Å². The van der Waals surface area contributed by atoms with Gasteiger partial charge in [0, 0.05) is 13.6 Å². The molecule has 0 heterocycles. The van der Waals surface area contributed by atoms with Gasteiger partial charge < -0.3 is 4.90 Å². The number of amides is 1. The molecule has 1 aromatic rings. The Labute approximate surface area is 101 Å². The summed E-state index contributed by atoms with van der Waals surface area (Å²) in [5, 5.41) is 17.1. The topological polar surface area (TPSA) is 67.9 Å². The fourth-order valence-corrected chi connectivity index (χ4v) is 1.35. The van der Waals surface area contributed by atoms with E-state index < -0.39 is 0 Å². The van der Waals surface area contributed by atoms with Crippen LogP contribution in [0.15, 0.2) is 24.3 Å². The van der Waals surface area contributed by atoms with Crippen molar-refractivity contribution >= 4 is 5.91 Å². The predicted octanol–water partition coefficient (Wildman–Crippen LogP) is 1.47. The van der Waals surface area contributed by atoms with Gasteiger partial charge in [-0.3, -0.25) is 4.79 Å². The van der Waals surface area contributed by atoms with Crippen molar-refractivity contribution in [3.63, 3.8) is 0 Å². The summed E-state index contributed by atoms with van der Waals surface area (Å²) in [5.41, 5.74) is 1.46. The lowest BCUT2D eigenvalue weighted by Crippen LogP contribution is -2.28. The van der Waals surface area contributed by atoms with Crippen LogP contribution in [0.5, 0.6) is 0 Å². The minimum atomic E-state index is -0.0232. The molecule has 1 aromatic carbocycles. The third-order valence-electron chi connectivity index (χ3n) is 2.42. The summed E-state index contributed by atoms with van der Waals surface area (Å²) in [4.78, 5) is 13.3. The zero-order chi connectivity index (χ0) is 12.7. The summed E-state index contributed by atoms with van der Waals surface area (Å²) in [6, 6.07) is 11.0. The zero-order valence-electron chi connectivity index (χ0n) is 9.68. The van der Waals surface area contributed by atoms with Crippen molar-refractivity contribution in [2.24, 2.45) is 0 Å². The molecule has 0 unspecified atom stereocenters. The van der Waals surface area contributed by atoms with E-state index in [0.29, 0.717) is 24.9 Å². The molecule has 0 fully saturated rings. The van der Waals surface area contributed by atoms with Crippen molar-refractivity contribution in [3.8, 4) is 12.1 Å². The van der Waals surface area contributed by atoms with E-state index in [4.69, 9.17) is 10.5 Å². The summed E-state index contributed by atoms with van der Waals surface area (Å²) in [6.45, 7) is 0.450. The molecule has 0 radical (unpaired) electrons. The van der Waals surface area contributed by atoms with Gasteiger partial charge in [0.1, 0.15) is 0 Å². The van der Waals surface area contributed by atoms with Crippen LogP contribution in [0.4, 0.5) is 0 Å². The van der Waals surface area contributed by atoms with E-state index in [0.717, 1.165) is 5.56 Å². The molecule has 0 aliphatic carbocycles. The Morgan fingerprint density at radius 3 is 2.47 bits per heavy atom. The number of carbonyl (C=O) groups is 1. The van der Waals surface area contributed by atoms with Gasteiger partial charge in [-0.25, -0.2) is 0 Å². The minimum absolute atomic E-state index is 0.0232. The maximum absolute atomic E-state index is 11.7. The van der Waals surface area contributed by atoms with Gasteiger partial charge in [0.2, 0.25) is 5.91 Å². The van der Waals surface area contributed by atoms with Crippen LogP contribution in [-0.2, 0) is 11.2 Å². The fraction of sp³-hybridized carbons (Fsp3) is 0.308. The van der Waals surface area contributed by atoms with Crippen LogP contribution < -0.4 is 0 Å². The molecule has 4 nitrogen and oxygen atoms in total. The van der Waals surface area contributed by atoms with Gasteiger partial charge in [-0.15, -0.1) is 0 Å². The monoisotopic (exact) mass is 227 g/mol. The summed E-state index contributed by atoms with van der Waals surface area (Å²) in [6.07, 6.45) is 0.642. The highest BCUT2D eigenvalue weighted by molar-refractivity contribution is 5.78. The molecule has 0 N–H and O–H groups in total. The van der Waals surface area contributed by atoms with Crippen molar-refractivity contribution in [1.29, 1.82) is 10.5 Å². The van der Waals surface area contributed by atoms with E-state index in [-0.39, 0.29) is 5.91 Å². The van der Waals surface area contributed by atoms with Crippen LogP contribution in [0.25, 0.3) is 0 Å². The maximum Gasteiger partial charge on any atom is 0.226 e. The van der Waals surface area contributed by atoms with E-state index in [1.54, 1.807) is 36.2 Å². The van der Waals surface area contributed by atoms with Gasteiger partial charge in [0.25, 0.3) is 0 Å². The third-order valence-corrected chi connectivity index (χ3v) is 2.42. The predicted molar refractivity (Wildman–Crippen MR) is 62.7 cm³/mol. The van der Waals surface area contributed by atoms with Crippen LogP contribution >= 0.6 is 0 Å². The fourth-order valence-electron chi connectivity index (χ4n) is 1.35. The Morgan fingerprint density at radius 2 is 1.94 bits per heavy atom. The average Bonchev–Trinajstić information content (AvgIpc) is 2.36. The average molecular weight is 227 g/mol. The van der Waals surface area contributed by atoms with Gasteiger partial charge in [-0.05, 0) is 17.7 Å². The quantitative estimate of drug-likeness (QED) is 0.782. The normalized spacial score (nSPS) is 9.12. The molecule has 4 heteroatoms. The molecule has 0 saturated heterocycles. The number of hydrogen-bond donors (Lipinski definition) is 0. The second kappa shape index (κ2) is 6.30. The van der Waals surface area contributed by atoms with Crippen molar-refractivity contribution in [2.45, 2.75) is 12.8 Å². The molecule has 0 aromatic heterocycles. The SMILES string of the molecule is CN(CCC#N)C(=O)Cc1ccc(C#N)cc1. The molecular weight excluding hydrogens is 214 g/mol. The smallest absolute Gasteiger partial charge is 0.226 e. The Hall–Kier alpha value is -2.33. The number of nitrogens with zero attached hydrogens (tertiary/aromatic N) is 3. The highest BCUT2D eigenvalue weighted by atomic mass is 16.2. The Morgan fingerprint density at radius 1 is 1.29 bits per heavy atom. The number of hydrogen-bond acceptors (Lipinski definition) is 3. The summed E-state index contributed by atoms with van der Waals surface area (Å²) in [7, 11) is 1.68. The first-order chi connectivity index (χ1) is 8.17. The largest absolute Gasteiger partial charge is 0.344 e. The molecular formula is C13H13N3O. The molecule has 0 bridgehead atoms. The third kappa shape index (κ3) is 3.96. The van der Waals surface area contributed by atoms with Gasteiger partial charge in [0.15, 0.2) is 0 Å². The summed E-state index contributed by atoms with van der Waals surface area (Å²) < 4.78 is 0. The van der Waals surface area contributed by atoms with E-state index in [1.165, 1.54) is 0 Å². The maximum atomic E-state index is 11.7. The van der Waals surface area contributed by atoms with Crippen molar-refractivity contribution in [1.82, 2.24) is 4.90 Å². The number of rotatable bonds is 4. The van der Waals surface area contributed by atoms with Crippen molar-refractivity contribution in [3.05, 3.63) is 35.4 Å². The molecule has 86 valence electrons. The van der Waals surface area contributed by atoms with E-state index in [2.05, 4.69) is 0 Å². The van der Waals surface area contributed by atoms with Crippen LogP contribution in [0.1, 0.15) is 17.5 Å². The molecule has 0 spiro atoms. The molecule has 17 heavy (non-hydrogen) atoms. The lowest BCUT2D eigenvalue weighted by atomic mass is 10.1. The van der Waals surface area contributed by atoms with E-state index in [9.17, 15) is 4.79 Å².